The number of carbonyl (C=O) groups is 1. The van der Waals surface area contributed by atoms with Crippen molar-refractivity contribution in [3.63, 3.8) is 0 Å². The highest BCUT2D eigenvalue weighted by molar-refractivity contribution is 7.91. The molecule has 0 bridgehead atoms. The minimum absolute atomic E-state index is 0.0341. The molecule has 0 aliphatic carbocycles. The van der Waals surface area contributed by atoms with Gasteiger partial charge in [0.15, 0.2) is 9.84 Å². The van der Waals surface area contributed by atoms with Gasteiger partial charge in [0.25, 0.3) is 5.91 Å². The number of sulfone groups is 1. The quantitative estimate of drug-likeness (QED) is 0.882. The van der Waals surface area contributed by atoms with Gasteiger partial charge >= 0.3 is 0 Å². The van der Waals surface area contributed by atoms with Crippen LogP contribution in [0.5, 0.6) is 0 Å². The van der Waals surface area contributed by atoms with Crippen molar-refractivity contribution in [3.8, 4) is 0 Å². The van der Waals surface area contributed by atoms with Crippen molar-refractivity contribution in [1.82, 2.24) is 5.32 Å². The summed E-state index contributed by atoms with van der Waals surface area (Å²) in [5, 5.41) is 3.27. The predicted molar refractivity (Wildman–Crippen MR) is 66.0 cm³/mol. The van der Waals surface area contributed by atoms with Gasteiger partial charge in [0, 0.05) is 16.6 Å². The fourth-order valence-corrected chi connectivity index (χ4v) is 3.58. The first kappa shape index (κ1) is 12.4. The van der Waals surface area contributed by atoms with Crippen LogP contribution in [-0.4, -0.2) is 31.9 Å². The van der Waals surface area contributed by atoms with Gasteiger partial charge in [-0.25, -0.2) is 8.42 Å². The van der Waals surface area contributed by atoms with Crippen molar-refractivity contribution in [2.24, 2.45) is 0 Å². The Kier molecular flexibility index (Phi) is 3.40. The largest absolute Gasteiger partial charge is 0.348 e. The molecule has 0 saturated carbocycles. The van der Waals surface area contributed by atoms with Gasteiger partial charge in [-0.05, 0) is 30.7 Å². The number of rotatable bonds is 2. The molecule has 0 aromatic heterocycles. The molecule has 1 aliphatic heterocycles. The standard InChI is InChI=1S/C11H12ClNO3S/c12-9-3-1-8(2-4-9)11(14)13-10-5-6-17(15,16)7-10/h1-4,10H,5-7H2,(H,13,14). The number of benzene rings is 1. The molecule has 1 saturated heterocycles. The maximum Gasteiger partial charge on any atom is 0.251 e. The molecule has 0 radical (unpaired) electrons. The summed E-state index contributed by atoms with van der Waals surface area (Å²) < 4.78 is 22.5. The first-order valence-corrected chi connectivity index (χ1v) is 7.43. The molecule has 1 fully saturated rings. The van der Waals surface area contributed by atoms with Gasteiger partial charge in [-0.1, -0.05) is 11.6 Å². The molecule has 1 heterocycles. The Labute approximate surface area is 105 Å². The first-order chi connectivity index (χ1) is 7.96. The molecule has 92 valence electrons. The van der Waals surface area contributed by atoms with E-state index in [1.807, 2.05) is 0 Å². The smallest absolute Gasteiger partial charge is 0.251 e. The summed E-state index contributed by atoms with van der Waals surface area (Å²) >= 11 is 5.71. The molecule has 1 aromatic carbocycles. The maximum atomic E-state index is 11.8. The topological polar surface area (TPSA) is 63.2 Å². The van der Waals surface area contributed by atoms with Gasteiger partial charge in [0.05, 0.1) is 11.5 Å². The third kappa shape index (κ3) is 3.20. The number of amides is 1. The number of hydrogen-bond acceptors (Lipinski definition) is 3. The van der Waals surface area contributed by atoms with Crippen LogP contribution in [0.25, 0.3) is 0 Å². The molecule has 1 aliphatic rings. The lowest BCUT2D eigenvalue weighted by Gasteiger charge is -2.10. The lowest BCUT2D eigenvalue weighted by Crippen LogP contribution is -2.35. The normalized spacial score (nSPS) is 22.3. The summed E-state index contributed by atoms with van der Waals surface area (Å²) in [5.41, 5.74) is 0.485. The van der Waals surface area contributed by atoms with E-state index in [2.05, 4.69) is 5.32 Å². The first-order valence-electron chi connectivity index (χ1n) is 5.23. The summed E-state index contributed by atoms with van der Waals surface area (Å²) in [4.78, 5) is 11.8. The van der Waals surface area contributed by atoms with E-state index in [4.69, 9.17) is 11.6 Å². The molecule has 1 amide bonds. The summed E-state index contributed by atoms with van der Waals surface area (Å²) in [6.45, 7) is 0. The number of nitrogens with one attached hydrogen (secondary N) is 1. The average Bonchev–Trinajstić information content (AvgIpc) is 2.59. The van der Waals surface area contributed by atoms with E-state index in [9.17, 15) is 13.2 Å². The number of hydrogen-bond donors (Lipinski definition) is 1. The van der Waals surface area contributed by atoms with Gasteiger partial charge in [0.1, 0.15) is 0 Å². The van der Waals surface area contributed by atoms with Crippen molar-refractivity contribution in [1.29, 1.82) is 0 Å². The van der Waals surface area contributed by atoms with E-state index in [0.29, 0.717) is 17.0 Å². The van der Waals surface area contributed by atoms with Crippen LogP contribution < -0.4 is 5.32 Å². The number of carbonyl (C=O) groups excluding carboxylic acids is 1. The van der Waals surface area contributed by atoms with Gasteiger partial charge in [-0.3, -0.25) is 4.79 Å². The van der Waals surface area contributed by atoms with Crippen molar-refractivity contribution < 1.29 is 13.2 Å². The van der Waals surface area contributed by atoms with Crippen molar-refractivity contribution in [3.05, 3.63) is 34.9 Å². The molecular weight excluding hydrogens is 262 g/mol. The maximum absolute atomic E-state index is 11.8. The van der Waals surface area contributed by atoms with E-state index < -0.39 is 9.84 Å². The van der Waals surface area contributed by atoms with Crippen LogP contribution in [0.2, 0.25) is 5.02 Å². The van der Waals surface area contributed by atoms with E-state index in [0.717, 1.165) is 0 Å². The summed E-state index contributed by atoms with van der Waals surface area (Å²) in [5.74, 6) is -0.0750. The molecular formula is C11H12ClNO3S. The highest BCUT2D eigenvalue weighted by Gasteiger charge is 2.28. The van der Waals surface area contributed by atoms with Crippen LogP contribution in [0.15, 0.2) is 24.3 Å². The third-order valence-corrected chi connectivity index (χ3v) is 4.69. The zero-order chi connectivity index (χ0) is 12.5. The molecule has 2 rings (SSSR count). The minimum Gasteiger partial charge on any atom is -0.348 e. The van der Waals surface area contributed by atoms with Crippen molar-refractivity contribution in [2.75, 3.05) is 11.5 Å². The van der Waals surface area contributed by atoms with Gasteiger partial charge in [-0.15, -0.1) is 0 Å². The molecule has 0 spiro atoms. The van der Waals surface area contributed by atoms with E-state index in [-0.39, 0.29) is 23.5 Å². The SMILES string of the molecule is O=C(NC1CCS(=O)(=O)C1)c1ccc(Cl)cc1. The van der Waals surface area contributed by atoms with Crippen molar-refractivity contribution in [2.45, 2.75) is 12.5 Å². The van der Waals surface area contributed by atoms with Crippen LogP contribution in [-0.2, 0) is 9.84 Å². The Morgan fingerprint density at radius 1 is 1.29 bits per heavy atom. The number of halogens is 1. The molecule has 17 heavy (non-hydrogen) atoms. The molecule has 1 atom stereocenters. The average molecular weight is 274 g/mol. The third-order valence-electron chi connectivity index (χ3n) is 2.67. The fourth-order valence-electron chi connectivity index (χ4n) is 1.78. The highest BCUT2D eigenvalue weighted by Crippen LogP contribution is 2.13. The Balaban J connectivity index is 2.01. The van der Waals surface area contributed by atoms with Gasteiger partial charge in [-0.2, -0.15) is 0 Å². The Bertz CT molecular complexity index is 524. The van der Waals surface area contributed by atoms with Crippen LogP contribution in [0, 0.1) is 0 Å². The Hall–Kier alpha value is -1.07. The summed E-state index contributed by atoms with van der Waals surface area (Å²) in [6, 6.07) is 6.20. The second-order valence-corrected chi connectivity index (χ2v) is 6.75. The molecule has 1 N–H and O–H groups in total. The second kappa shape index (κ2) is 4.66. The molecule has 1 unspecified atom stereocenters. The van der Waals surface area contributed by atoms with Gasteiger partial charge < -0.3 is 5.32 Å². The Morgan fingerprint density at radius 2 is 1.94 bits per heavy atom. The monoisotopic (exact) mass is 273 g/mol. The highest BCUT2D eigenvalue weighted by atomic mass is 35.5. The summed E-state index contributed by atoms with van der Waals surface area (Å²) in [6.07, 6.45) is 0.488. The predicted octanol–water partition coefficient (Wildman–Crippen LogP) is 1.26. The molecule has 1 aromatic rings. The lowest BCUT2D eigenvalue weighted by molar-refractivity contribution is 0.0941. The minimum atomic E-state index is -2.97. The van der Waals surface area contributed by atoms with E-state index in [1.54, 1.807) is 24.3 Å². The van der Waals surface area contributed by atoms with E-state index >= 15 is 0 Å². The second-order valence-electron chi connectivity index (χ2n) is 4.08. The van der Waals surface area contributed by atoms with Crippen LogP contribution in [0.3, 0.4) is 0 Å². The fraction of sp³-hybridized carbons (Fsp3) is 0.364. The van der Waals surface area contributed by atoms with Crippen LogP contribution >= 0.6 is 11.6 Å². The Morgan fingerprint density at radius 3 is 2.47 bits per heavy atom. The lowest BCUT2D eigenvalue weighted by atomic mass is 10.2. The van der Waals surface area contributed by atoms with Crippen molar-refractivity contribution >= 4 is 27.3 Å². The molecule has 6 heteroatoms. The van der Waals surface area contributed by atoms with Crippen LogP contribution in [0.4, 0.5) is 0 Å². The summed E-state index contributed by atoms with van der Waals surface area (Å²) in [7, 11) is -2.97. The molecule has 4 nitrogen and oxygen atoms in total. The zero-order valence-electron chi connectivity index (χ0n) is 9.02. The zero-order valence-corrected chi connectivity index (χ0v) is 10.6. The van der Waals surface area contributed by atoms with E-state index in [1.165, 1.54) is 0 Å². The van der Waals surface area contributed by atoms with Gasteiger partial charge in [0.2, 0.25) is 0 Å². The van der Waals surface area contributed by atoms with Crippen LogP contribution in [0.1, 0.15) is 16.8 Å².